The van der Waals surface area contributed by atoms with E-state index in [1.54, 1.807) is 0 Å². The summed E-state index contributed by atoms with van der Waals surface area (Å²) in [5.41, 5.74) is 5.86. The van der Waals surface area contributed by atoms with Crippen LogP contribution in [0.4, 0.5) is 0 Å². The molecular weight excluding hydrogens is 306 g/mol. The summed E-state index contributed by atoms with van der Waals surface area (Å²) in [4.78, 5) is 12.3. The Morgan fingerprint density at radius 1 is 1.16 bits per heavy atom. The van der Waals surface area contributed by atoms with Gasteiger partial charge in [0.05, 0.1) is 5.41 Å². The van der Waals surface area contributed by atoms with Crippen molar-refractivity contribution in [1.29, 1.82) is 0 Å². The normalized spacial score (nSPS) is 14.1. The molecule has 2 N–H and O–H groups in total. The van der Waals surface area contributed by atoms with E-state index in [1.807, 2.05) is 58.9 Å². The third kappa shape index (κ3) is 4.32. The molecule has 4 heteroatoms. The second kappa shape index (κ2) is 5.63. The summed E-state index contributed by atoms with van der Waals surface area (Å²) in [6.45, 7) is 9.19. The highest BCUT2D eigenvalue weighted by atomic mass is 79.9. The lowest BCUT2D eigenvalue weighted by Crippen LogP contribution is -2.41. The Morgan fingerprint density at radius 2 is 1.63 bits per heavy atom. The lowest BCUT2D eigenvalue weighted by atomic mass is 9.81. The molecule has 0 unspecified atom stereocenters. The van der Waals surface area contributed by atoms with Gasteiger partial charge in [0, 0.05) is 10.5 Å². The standard InChI is InChI=1S/C15H22BrNO2/c1-14(2,3)19-13(18)15(4,5)12(17)10-6-8-11(16)9-7-10/h6-9,12H,17H2,1-5H3/t12-/m1/s1. The second-order valence-electron chi connectivity index (χ2n) is 6.25. The van der Waals surface area contributed by atoms with E-state index >= 15 is 0 Å². The van der Waals surface area contributed by atoms with Crippen LogP contribution in [-0.2, 0) is 9.53 Å². The number of hydrogen-bond donors (Lipinski definition) is 1. The first-order chi connectivity index (χ1) is 8.54. The molecule has 19 heavy (non-hydrogen) atoms. The molecule has 0 aromatic heterocycles. The number of carbonyl (C=O) groups excluding carboxylic acids is 1. The van der Waals surface area contributed by atoms with Crippen molar-refractivity contribution < 1.29 is 9.53 Å². The number of ether oxygens (including phenoxy) is 1. The minimum absolute atomic E-state index is 0.282. The van der Waals surface area contributed by atoms with Gasteiger partial charge in [-0.2, -0.15) is 0 Å². The minimum atomic E-state index is -0.777. The largest absolute Gasteiger partial charge is 0.460 e. The van der Waals surface area contributed by atoms with Crippen LogP contribution in [0.5, 0.6) is 0 Å². The van der Waals surface area contributed by atoms with Crippen molar-refractivity contribution in [2.24, 2.45) is 11.1 Å². The molecule has 0 amide bonds. The second-order valence-corrected chi connectivity index (χ2v) is 7.17. The van der Waals surface area contributed by atoms with Gasteiger partial charge < -0.3 is 10.5 Å². The van der Waals surface area contributed by atoms with E-state index in [1.165, 1.54) is 0 Å². The zero-order chi connectivity index (χ0) is 14.8. The monoisotopic (exact) mass is 327 g/mol. The van der Waals surface area contributed by atoms with E-state index in [2.05, 4.69) is 15.9 Å². The SMILES string of the molecule is CC(C)(C)OC(=O)C(C)(C)[C@H](N)c1ccc(Br)cc1. The predicted molar refractivity (Wildman–Crippen MR) is 80.7 cm³/mol. The molecule has 0 aliphatic rings. The van der Waals surface area contributed by atoms with Gasteiger partial charge in [0.25, 0.3) is 0 Å². The summed E-state index contributed by atoms with van der Waals surface area (Å²) in [6.07, 6.45) is 0. The fourth-order valence-corrected chi connectivity index (χ4v) is 1.89. The Labute approximate surface area is 123 Å². The van der Waals surface area contributed by atoms with Gasteiger partial charge in [0.2, 0.25) is 0 Å². The Morgan fingerprint density at radius 3 is 2.05 bits per heavy atom. The topological polar surface area (TPSA) is 52.3 Å². The van der Waals surface area contributed by atoms with Crippen LogP contribution in [-0.4, -0.2) is 11.6 Å². The summed E-state index contributed by atoms with van der Waals surface area (Å²) in [5, 5.41) is 0. The summed E-state index contributed by atoms with van der Waals surface area (Å²) in [6, 6.07) is 7.26. The third-order valence-electron chi connectivity index (χ3n) is 2.93. The van der Waals surface area contributed by atoms with Gasteiger partial charge in [0.1, 0.15) is 5.60 Å². The van der Waals surface area contributed by atoms with Crippen LogP contribution in [0, 0.1) is 5.41 Å². The number of benzene rings is 1. The van der Waals surface area contributed by atoms with E-state index in [9.17, 15) is 4.79 Å². The first kappa shape index (κ1) is 16.2. The molecule has 3 nitrogen and oxygen atoms in total. The smallest absolute Gasteiger partial charge is 0.313 e. The van der Waals surface area contributed by atoms with Gasteiger partial charge in [-0.1, -0.05) is 28.1 Å². The van der Waals surface area contributed by atoms with Crippen molar-refractivity contribution in [2.75, 3.05) is 0 Å². The van der Waals surface area contributed by atoms with Crippen molar-refractivity contribution >= 4 is 21.9 Å². The zero-order valence-electron chi connectivity index (χ0n) is 12.2. The Kier molecular flexibility index (Phi) is 4.80. The number of rotatable bonds is 3. The zero-order valence-corrected chi connectivity index (χ0v) is 13.7. The molecule has 0 aliphatic heterocycles. The van der Waals surface area contributed by atoms with Gasteiger partial charge in [-0.3, -0.25) is 4.79 Å². The number of nitrogens with two attached hydrogens (primary N) is 1. The van der Waals surface area contributed by atoms with Gasteiger partial charge >= 0.3 is 5.97 Å². The van der Waals surface area contributed by atoms with Crippen LogP contribution in [0.3, 0.4) is 0 Å². The Balaban J connectivity index is 2.92. The van der Waals surface area contributed by atoms with E-state index in [-0.39, 0.29) is 5.97 Å². The average Bonchev–Trinajstić information content (AvgIpc) is 2.26. The first-order valence-electron chi connectivity index (χ1n) is 6.28. The maximum absolute atomic E-state index is 12.3. The molecule has 1 aromatic carbocycles. The molecule has 0 saturated carbocycles. The lowest BCUT2D eigenvalue weighted by Gasteiger charge is -2.33. The van der Waals surface area contributed by atoms with Gasteiger partial charge in [-0.25, -0.2) is 0 Å². The maximum Gasteiger partial charge on any atom is 0.313 e. The molecule has 0 bridgehead atoms. The molecule has 0 fully saturated rings. The maximum atomic E-state index is 12.3. The summed E-state index contributed by atoms with van der Waals surface area (Å²) in [5.74, 6) is -0.282. The molecule has 0 radical (unpaired) electrons. The Hall–Kier alpha value is -0.870. The fourth-order valence-electron chi connectivity index (χ4n) is 1.62. The van der Waals surface area contributed by atoms with Crippen molar-refractivity contribution in [3.63, 3.8) is 0 Å². The summed E-state index contributed by atoms with van der Waals surface area (Å²) < 4.78 is 6.43. The molecule has 1 aromatic rings. The van der Waals surface area contributed by atoms with E-state index in [4.69, 9.17) is 10.5 Å². The van der Waals surface area contributed by atoms with Crippen LogP contribution < -0.4 is 5.73 Å². The van der Waals surface area contributed by atoms with Crippen LogP contribution in [0.15, 0.2) is 28.7 Å². The highest BCUT2D eigenvalue weighted by Gasteiger charge is 2.38. The number of carbonyl (C=O) groups is 1. The van der Waals surface area contributed by atoms with Crippen molar-refractivity contribution in [1.82, 2.24) is 0 Å². The average molecular weight is 328 g/mol. The quantitative estimate of drug-likeness (QED) is 0.858. The highest BCUT2D eigenvalue weighted by Crippen LogP contribution is 2.34. The van der Waals surface area contributed by atoms with Crippen LogP contribution in [0.25, 0.3) is 0 Å². The van der Waals surface area contributed by atoms with E-state index in [0.717, 1.165) is 10.0 Å². The van der Waals surface area contributed by atoms with Crippen molar-refractivity contribution in [2.45, 2.75) is 46.3 Å². The lowest BCUT2D eigenvalue weighted by molar-refractivity contribution is -0.167. The fraction of sp³-hybridized carbons (Fsp3) is 0.533. The van der Waals surface area contributed by atoms with Gasteiger partial charge in [0.15, 0.2) is 0 Å². The molecule has 106 valence electrons. The van der Waals surface area contributed by atoms with Crippen molar-refractivity contribution in [3.8, 4) is 0 Å². The molecule has 0 spiro atoms. The molecule has 1 atom stereocenters. The van der Waals surface area contributed by atoms with Crippen LogP contribution in [0.1, 0.15) is 46.2 Å². The predicted octanol–water partition coefficient (Wildman–Crippen LogP) is 3.82. The number of esters is 1. The third-order valence-corrected chi connectivity index (χ3v) is 3.46. The minimum Gasteiger partial charge on any atom is -0.460 e. The van der Waals surface area contributed by atoms with E-state index in [0.29, 0.717) is 0 Å². The van der Waals surface area contributed by atoms with Crippen molar-refractivity contribution in [3.05, 3.63) is 34.3 Å². The molecule has 0 heterocycles. The first-order valence-corrected chi connectivity index (χ1v) is 7.08. The molecule has 0 saturated heterocycles. The Bertz CT molecular complexity index is 446. The molecular formula is C15H22BrNO2. The molecule has 1 rings (SSSR count). The highest BCUT2D eigenvalue weighted by molar-refractivity contribution is 9.10. The van der Waals surface area contributed by atoms with Gasteiger partial charge in [-0.15, -0.1) is 0 Å². The van der Waals surface area contributed by atoms with Crippen LogP contribution >= 0.6 is 15.9 Å². The van der Waals surface area contributed by atoms with Crippen LogP contribution in [0.2, 0.25) is 0 Å². The molecule has 0 aliphatic carbocycles. The summed E-state index contributed by atoms with van der Waals surface area (Å²) >= 11 is 3.38. The summed E-state index contributed by atoms with van der Waals surface area (Å²) in [7, 11) is 0. The van der Waals surface area contributed by atoms with Gasteiger partial charge in [-0.05, 0) is 52.3 Å². The van der Waals surface area contributed by atoms with E-state index < -0.39 is 17.1 Å². The number of hydrogen-bond acceptors (Lipinski definition) is 3. The number of halogens is 1.